The predicted octanol–water partition coefficient (Wildman–Crippen LogP) is 3.49. The van der Waals surface area contributed by atoms with Crippen molar-refractivity contribution < 1.29 is 13.6 Å². The van der Waals surface area contributed by atoms with Crippen molar-refractivity contribution >= 4 is 40.5 Å². The number of benzene rings is 2. The number of halogens is 3. The molecule has 0 aliphatic heterocycles. The summed E-state index contributed by atoms with van der Waals surface area (Å²) in [7, 11) is 0. The molecule has 5 N–H and O–H groups in total. The normalized spacial score (nSPS) is 10.3. The Labute approximate surface area is 157 Å². The van der Waals surface area contributed by atoms with E-state index in [2.05, 4.69) is 26.1 Å². The quantitative estimate of drug-likeness (QED) is 0.497. The summed E-state index contributed by atoms with van der Waals surface area (Å²) in [6.07, 6.45) is 1.16. The molecular weight excluding hydrogens is 378 g/mol. The van der Waals surface area contributed by atoms with Crippen LogP contribution in [0.1, 0.15) is 10.4 Å². The van der Waals surface area contributed by atoms with Gasteiger partial charge in [0.05, 0.1) is 5.69 Å². The standard InChI is InChI=1S/C17H13ClF2N6O/c18-10-3-1-9(2-4-10)17(27)26-25-16-14(21)15(22-8-23-16)24-13-6-5-11(19)7-12(13)20/h1-8H,21H2,(H,26,27)(H2,22,23,24,25). The van der Waals surface area contributed by atoms with E-state index in [1.54, 1.807) is 24.3 Å². The predicted molar refractivity (Wildman–Crippen MR) is 98.6 cm³/mol. The number of hydrogen-bond acceptors (Lipinski definition) is 6. The van der Waals surface area contributed by atoms with E-state index in [9.17, 15) is 13.6 Å². The second-order valence-corrected chi connectivity index (χ2v) is 5.76. The highest BCUT2D eigenvalue weighted by Crippen LogP contribution is 2.26. The first-order valence-electron chi connectivity index (χ1n) is 7.58. The van der Waals surface area contributed by atoms with Crippen LogP contribution in [0.5, 0.6) is 0 Å². The van der Waals surface area contributed by atoms with Crippen molar-refractivity contribution in [2.45, 2.75) is 0 Å². The topological polar surface area (TPSA) is 105 Å². The number of nitrogens with zero attached hydrogens (tertiary/aromatic N) is 2. The molecular formula is C17H13ClF2N6O. The summed E-state index contributed by atoms with van der Waals surface area (Å²) >= 11 is 5.78. The highest BCUT2D eigenvalue weighted by molar-refractivity contribution is 6.30. The van der Waals surface area contributed by atoms with Gasteiger partial charge in [-0.2, -0.15) is 0 Å². The Kier molecular flexibility index (Phi) is 5.32. The Hall–Kier alpha value is -3.46. The van der Waals surface area contributed by atoms with Gasteiger partial charge in [0, 0.05) is 16.7 Å². The third kappa shape index (κ3) is 4.39. The van der Waals surface area contributed by atoms with E-state index < -0.39 is 17.5 Å². The van der Waals surface area contributed by atoms with Gasteiger partial charge in [-0.1, -0.05) is 11.6 Å². The highest BCUT2D eigenvalue weighted by Gasteiger charge is 2.12. The summed E-state index contributed by atoms with van der Waals surface area (Å²) in [4.78, 5) is 19.9. The lowest BCUT2D eigenvalue weighted by Gasteiger charge is -2.13. The largest absolute Gasteiger partial charge is 0.393 e. The van der Waals surface area contributed by atoms with Crippen molar-refractivity contribution in [2.24, 2.45) is 0 Å². The average molecular weight is 391 g/mol. The van der Waals surface area contributed by atoms with Crippen molar-refractivity contribution in [3.05, 3.63) is 71.0 Å². The van der Waals surface area contributed by atoms with E-state index in [0.29, 0.717) is 10.6 Å². The number of nitrogens with one attached hydrogen (secondary N) is 3. The van der Waals surface area contributed by atoms with Gasteiger partial charge in [0.1, 0.15) is 23.6 Å². The van der Waals surface area contributed by atoms with Crippen LogP contribution in [0.15, 0.2) is 48.8 Å². The van der Waals surface area contributed by atoms with Gasteiger partial charge in [-0.3, -0.25) is 15.6 Å². The number of nitrogens with two attached hydrogens (primary N) is 1. The van der Waals surface area contributed by atoms with Crippen molar-refractivity contribution in [3.63, 3.8) is 0 Å². The third-order valence-corrected chi connectivity index (χ3v) is 3.72. The van der Waals surface area contributed by atoms with Gasteiger partial charge in [-0.25, -0.2) is 18.7 Å². The summed E-state index contributed by atoms with van der Waals surface area (Å²) in [6, 6.07) is 9.28. The number of aromatic nitrogens is 2. The van der Waals surface area contributed by atoms with Crippen molar-refractivity contribution in [3.8, 4) is 0 Å². The third-order valence-electron chi connectivity index (χ3n) is 3.47. The Morgan fingerprint density at radius 2 is 1.74 bits per heavy atom. The fraction of sp³-hybridized carbons (Fsp3) is 0. The first-order chi connectivity index (χ1) is 12.9. The zero-order chi connectivity index (χ0) is 19.4. The minimum absolute atomic E-state index is 0.0158. The fourth-order valence-corrected chi connectivity index (χ4v) is 2.23. The molecule has 0 spiro atoms. The Bertz CT molecular complexity index is 984. The molecule has 0 aliphatic carbocycles. The maximum Gasteiger partial charge on any atom is 0.269 e. The first kappa shape index (κ1) is 18.3. The van der Waals surface area contributed by atoms with Crippen LogP contribution in [0.2, 0.25) is 5.02 Å². The molecule has 0 saturated heterocycles. The van der Waals surface area contributed by atoms with Crippen LogP contribution in [0.3, 0.4) is 0 Å². The van der Waals surface area contributed by atoms with E-state index in [1.165, 1.54) is 6.07 Å². The van der Waals surface area contributed by atoms with Crippen LogP contribution in [0.25, 0.3) is 0 Å². The summed E-state index contributed by atoms with van der Waals surface area (Å²) in [5.41, 5.74) is 11.3. The molecule has 0 saturated carbocycles. The second kappa shape index (κ2) is 7.83. The summed E-state index contributed by atoms with van der Waals surface area (Å²) in [5.74, 6) is -1.78. The number of anilines is 4. The Balaban J connectivity index is 1.72. The molecule has 1 aromatic heterocycles. The molecule has 27 heavy (non-hydrogen) atoms. The van der Waals surface area contributed by atoms with E-state index >= 15 is 0 Å². The summed E-state index contributed by atoms with van der Waals surface area (Å²) in [6.45, 7) is 0. The summed E-state index contributed by atoms with van der Waals surface area (Å²) in [5, 5.41) is 3.15. The molecule has 10 heteroatoms. The molecule has 0 bridgehead atoms. The number of nitrogen functional groups attached to an aromatic ring is 1. The van der Waals surface area contributed by atoms with Gasteiger partial charge in [0.15, 0.2) is 11.6 Å². The molecule has 2 aromatic carbocycles. The van der Waals surface area contributed by atoms with E-state index in [1.807, 2.05) is 0 Å². The monoisotopic (exact) mass is 390 g/mol. The number of rotatable bonds is 5. The lowest BCUT2D eigenvalue weighted by atomic mass is 10.2. The zero-order valence-corrected chi connectivity index (χ0v) is 14.4. The van der Waals surface area contributed by atoms with Crippen LogP contribution < -0.4 is 21.9 Å². The molecule has 0 atom stereocenters. The molecule has 138 valence electrons. The number of hydrazine groups is 1. The molecule has 0 radical (unpaired) electrons. The maximum absolute atomic E-state index is 13.8. The fourth-order valence-electron chi connectivity index (χ4n) is 2.10. The molecule has 0 unspecified atom stereocenters. The molecule has 3 aromatic rings. The average Bonchev–Trinajstić information content (AvgIpc) is 2.65. The number of carbonyl (C=O) groups is 1. The van der Waals surface area contributed by atoms with Crippen LogP contribution in [0, 0.1) is 11.6 Å². The Morgan fingerprint density at radius 3 is 2.44 bits per heavy atom. The van der Waals surface area contributed by atoms with Crippen LogP contribution in [-0.2, 0) is 0 Å². The second-order valence-electron chi connectivity index (χ2n) is 5.32. The van der Waals surface area contributed by atoms with Crippen LogP contribution in [0.4, 0.5) is 31.8 Å². The van der Waals surface area contributed by atoms with Gasteiger partial charge >= 0.3 is 0 Å². The molecule has 1 amide bonds. The number of amides is 1. The molecule has 1 heterocycles. The minimum Gasteiger partial charge on any atom is -0.393 e. The van der Waals surface area contributed by atoms with Gasteiger partial charge in [0.25, 0.3) is 5.91 Å². The SMILES string of the molecule is Nc1c(NNC(=O)c2ccc(Cl)cc2)ncnc1Nc1ccc(F)cc1F. The van der Waals surface area contributed by atoms with E-state index in [4.69, 9.17) is 17.3 Å². The molecule has 0 aliphatic rings. The van der Waals surface area contributed by atoms with E-state index in [-0.39, 0.29) is 23.0 Å². The minimum atomic E-state index is -0.807. The van der Waals surface area contributed by atoms with Crippen molar-refractivity contribution in [1.82, 2.24) is 15.4 Å². The van der Waals surface area contributed by atoms with Gasteiger partial charge in [-0.05, 0) is 36.4 Å². The zero-order valence-electron chi connectivity index (χ0n) is 13.6. The maximum atomic E-state index is 13.8. The molecule has 0 fully saturated rings. The molecule has 3 rings (SSSR count). The Morgan fingerprint density at radius 1 is 1.04 bits per heavy atom. The number of carbonyl (C=O) groups excluding carboxylic acids is 1. The smallest absolute Gasteiger partial charge is 0.269 e. The lowest BCUT2D eigenvalue weighted by Crippen LogP contribution is -2.30. The van der Waals surface area contributed by atoms with Crippen LogP contribution in [-0.4, -0.2) is 15.9 Å². The number of hydrogen-bond donors (Lipinski definition) is 4. The van der Waals surface area contributed by atoms with E-state index in [0.717, 1.165) is 18.5 Å². The van der Waals surface area contributed by atoms with Gasteiger partial charge < -0.3 is 11.1 Å². The van der Waals surface area contributed by atoms with Gasteiger partial charge in [-0.15, -0.1) is 0 Å². The van der Waals surface area contributed by atoms with Crippen molar-refractivity contribution in [1.29, 1.82) is 0 Å². The highest BCUT2D eigenvalue weighted by atomic mass is 35.5. The molecule has 7 nitrogen and oxygen atoms in total. The lowest BCUT2D eigenvalue weighted by molar-refractivity contribution is 0.0962. The van der Waals surface area contributed by atoms with Crippen LogP contribution >= 0.6 is 11.6 Å². The van der Waals surface area contributed by atoms with Crippen molar-refractivity contribution in [2.75, 3.05) is 16.5 Å². The summed E-state index contributed by atoms with van der Waals surface area (Å²) < 4.78 is 26.8. The van der Waals surface area contributed by atoms with Gasteiger partial charge in [0.2, 0.25) is 0 Å². The first-order valence-corrected chi connectivity index (χ1v) is 7.96.